The van der Waals surface area contributed by atoms with Crippen molar-refractivity contribution in [2.24, 2.45) is 0 Å². The lowest BCUT2D eigenvalue weighted by Gasteiger charge is -2.19. The summed E-state index contributed by atoms with van der Waals surface area (Å²) in [7, 11) is 1.30. The first kappa shape index (κ1) is 28.4. The molecule has 4 rings (SSSR count). The molecule has 4 aromatic rings. The van der Waals surface area contributed by atoms with Crippen LogP contribution in [0.3, 0.4) is 0 Å². The zero-order valence-corrected chi connectivity index (χ0v) is 24.4. The average molecular weight is 653 g/mol. The Hall–Kier alpha value is -3.62. The van der Waals surface area contributed by atoms with Gasteiger partial charge < -0.3 is 19.5 Å². The standard InChI is InChI=1S/C31H27Br2NO5/c1-37-31(36)27(34-30(35)24-16-25(32)18-26(33)17-24)14-23-12-13-28(38-19-21-8-4-2-5-9-21)29(15-23)39-20-22-10-6-3-7-11-22/h2-13,15-18,27H,14,19-20H2,1H3,(H,34,35)/t27-/m0/s1. The van der Waals surface area contributed by atoms with Crippen molar-refractivity contribution in [3.8, 4) is 11.5 Å². The molecule has 0 bridgehead atoms. The topological polar surface area (TPSA) is 73.9 Å². The summed E-state index contributed by atoms with van der Waals surface area (Å²) in [5.74, 6) is 0.179. The van der Waals surface area contributed by atoms with Gasteiger partial charge in [0.1, 0.15) is 19.3 Å². The molecule has 200 valence electrons. The molecule has 4 aromatic carbocycles. The van der Waals surface area contributed by atoms with Crippen LogP contribution in [-0.2, 0) is 29.2 Å². The van der Waals surface area contributed by atoms with Crippen LogP contribution in [0.5, 0.6) is 11.5 Å². The van der Waals surface area contributed by atoms with E-state index >= 15 is 0 Å². The molecular formula is C31H27Br2NO5. The zero-order chi connectivity index (χ0) is 27.6. The monoisotopic (exact) mass is 651 g/mol. The van der Waals surface area contributed by atoms with E-state index in [0.29, 0.717) is 30.3 Å². The summed E-state index contributed by atoms with van der Waals surface area (Å²) in [5, 5.41) is 2.80. The highest BCUT2D eigenvalue weighted by atomic mass is 79.9. The number of benzene rings is 4. The van der Waals surface area contributed by atoms with Crippen molar-refractivity contribution in [1.82, 2.24) is 5.32 Å². The van der Waals surface area contributed by atoms with Gasteiger partial charge in [-0.2, -0.15) is 0 Å². The van der Waals surface area contributed by atoms with Gasteiger partial charge in [-0.3, -0.25) is 4.79 Å². The van der Waals surface area contributed by atoms with Gasteiger partial charge in [0.2, 0.25) is 0 Å². The maximum atomic E-state index is 13.0. The highest BCUT2D eigenvalue weighted by Crippen LogP contribution is 2.31. The molecule has 0 aliphatic rings. The lowest BCUT2D eigenvalue weighted by molar-refractivity contribution is -0.142. The highest BCUT2D eigenvalue weighted by molar-refractivity contribution is 9.11. The fourth-order valence-corrected chi connectivity index (χ4v) is 5.17. The number of carbonyl (C=O) groups is 2. The molecule has 0 saturated carbocycles. The van der Waals surface area contributed by atoms with E-state index in [4.69, 9.17) is 14.2 Å². The maximum absolute atomic E-state index is 13.0. The molecule has 0 saturated heterocycles. The van der Waals surface area contributed by atoms with Crippen LogP contribution in [0.1, 0.15) is 27.0 Å². The van der Waals surface area contributed by atoms with Crippen LogP contribution in [0.4, 0.5) is 0 Å². The first-order valence-corrected chi connectivity index (χ1v) is 13.8. The number of carbonyl (C=O) groups excluding carboxylic acids is 2. The number of amides is 1. The third-order valence-electron chi connectivity index (χ3n) is 5.84. The fourth-order valence-electron chi connectivity index (χ4n) is 3.88. The Morgan fingerprint density at radius 1 is 0.718 bits per heavy atom. The molecule has 0 spiro atoms. The predicted octanol–water partition coefficient (Wildman–Crippen LogP) is 6.88. The van der Waals surface area contributed by atoms with E-state index in [1.165, 1.54) is 7.11 Å². The van der Waals surface area contributed by atoms with Crippen molar-refractivity contribution >= 4 is 43.7 Å². The Labute approximate surface area is 244 Å². The molecule has 0 fully saturated rings. The maximum Gasteiger partial charge on any atom is 0.328 e. The van der Waals surface area contributed by atoms with Gasteiger partial charge in [0.15, 0.2) is 11.5 Å². The zero-order valence-electron chi connectivity index (χ0n) is 21.2. The number of hydrogen-bond acceptors (Lipinski definition) is 5. The fraction of sp³-hybridized carbons (Fsp3) is 0.161. The summed E-state index contributed by atoms with van der Waals surface area (Å²) in [4.78, 5) is 25.6. The van der Waals surface area contributed by atoms with Crippen LogP contribution in [0.2, 0.25) is 0 Å². The van der Waals surface area contributed by atoms with Gasteiger partial charge in [0.05, 0.1) is 7.11 Å². The van der Waals surface area contributed by atoms with Gasteiger partial charge in [-0.1, -0.05) is 98.6 Å². The molecule has 1 atom stereocenters. The van der Waals surface area contributed by atoms with E-state index in [1.807, 2.05) is 84.9 Å². The Kier molecular flexibility index (Phi) is 10.2. The lowest BCUT2D eigenvalue weighted by atomic mass is 10.0. The lowest BCUT2D eigenvalue weighted by Crippen LogP contribution is -2.43. The van der Waals surface area contributed by atoms with E-state index < -0.39 is 17.9 Å². The summed E-state index contributed by atoms with van der Waals surface area (Å²) in [5.41, 5.74) is 3.22. The molecule has 0 aliphatic heterocycles. The Bertz CT molecular complexity index is 1390. The molecule has 0 unspecified atom stereocenters. The number of ether oxygens (including phenoxy) is 3. The normalized spacial score (nSPS) is 11.4. The van der Waals surface area contributed by atoms with Gasteiger partial charge in [0.25, 0.3) is 5.91 Å². The van der Waals surface area contributed by atoms with Crippen LogP contribution in [0.15, 0.2) is 106 Å². The van der Waals surface area contributed by atoms with Gasteiger partial charge >= 0.3 is 5.97 Å². The second-order valence-corrected chi connectivity index (χ2v) is 10.6. The van der Waals surface area contributed by atoms with E-state index in [1.54, 1.807) is 12.1 Å². The minimum Gasteiger partial charge on any atom is -0.485 e. The molecule has 1 N–H and O–H groups in total. The summed E-state index contributed by atoms with van der Waals surface area (Å²) >= 11 is 6.78. The van der Waals surface area contributed by atoms with Crippen LogP contribution in [0, 0.1) is 0 Å². The largest absolute Gasteiger partial charge is 0.485 e. The minimum absolute atomic E-state index is 0.203. The van der Waals surface area contributed by atoms with E-state index in [-0.39, 0.29) is 6.42 Å². The average Bonchev–Trinajstić information content (AvgIpc) is 2.95. The number of nitrogens with one attached hydrogen (secondary N) is 1. The SMILES string of the molecule is COC(=O)[C@H](Cc1ccc(OCc2ccccc2)c(OCc2ccccc2)c1)NC(=O)c1cc(Br)cc(Br)c1. The number of methoxy groups -OCH3 is 1. The van der Waals surface area contributed by atoms with Crippen molar-refractivity contribution in [1.29, 1.82) is 0 Å². The third kappa shape index (κ3) is 8.43. The third-order valence-corrected chi connectivity index (χ3v) is 6.75. The Morgan fingerprint density at radius 3 is 1.85 bits per heavy atom. The van der Waals surface area contributed by atoms with E-state index in [0.717, 1.165) is 25.6 Å². The van der Waals surface area contributed by atoms with E-state index in [9.17, 15) is 9.59 Å². The van der Waals surface area contributed by atoms with Crippen LogP contribution in [0.25, 0.3) is 0 Å². The molecular weight excluding hydrogens is 626 g/mol. The van der Waals surface area contributed by atoms with Crippen molar-refractivity contribution in [2.45, 2.75) is 25.7 Å². The Balaban J connectivity index is 1.54. The first-order valence-electron chi connectivity index (χ1n) is 12.2. The Morgan fingerprint density at radius 2 is 1.28 bits per heavy atom. The van der Waals surface area contributed by atoms with Gasteiger partial charge in [-0.05, 0) is 47.0 Å². The first-order chi connectivity index (χ1) is 18.9. The second-order valence-electron chi connectivity index (χ2n) is 8.74. The quantitative estimate of drug-likeness (QED) is 0.179. The number of rotatable bonds is 11. The van der Waals surface area contributed by atoms with E-state index in [2.05, 4.69) is 37.2 Å². The molecule has 0 radical (unpaired) electrons. The summed E-state index contributed by atoms with van der Waals surface area (Å²) in [6, 6.07) is 29.5. The van der Waals surface area contributed by atoms with Gasteiger partial charge in [-0.15, -0.1) is 0 Å². The van der Waals surface area contributed by atoms with Crippen molar-refractivity contribution in [3.05, 3.63) is 128 Å². The predicted molar refractivity (Wildman–Crippen MR) is 157 cm³/mol. The molecule has 0 aromatic heterocycles. The molecule has 8 heteroatoms. The molecule has 0 heterocycles. The number of halogens is 2. The van der Waals surface area contributed by atoms with Crippen LogP contribution in [-0.4, -0.2) is 25.0 Å². The second kappa shape index (κ2) is 14.0. The van der Waals surface area contributed by atoms with Crippen molar-refractivity contribution in [2.75, 3.05) is 7.11 Å². The van der Waals surface area contributed by atoms with Gasteiger partial charge in [0, 0.05) is 20.9 Å². The smallest absolute Gasteiger partial charge is 0.328 e. The number of hydrogen-bond donors (Lipinski definition) is 1. The van der Waals surface area contributed by atoms with Gasteiger partial charge in [-0.25, -0.2) is 4.79 Å². The van der Waals surface area contributed by atoms with Crippen LogP contribution < -0.4 is 14.8 Å². The minimum atomic E-state index is -0.904. The summed E-state index contributed by atoms with van der Waals surface area (Å²) < 4.78 is 18.7. The van der Waals surface area contributed by atoms with Crippen LogP contribution >= 0.6 is 31.9 Å². The van der Waals surface area contributed by atoms with Crippen molar-refractivity contribution in [3.63, 3.8) is 0 Å². The van der Waals surface area contributed by atoms with Crippen molar-refractivity contribution < 1.29 is 23.8 Å². The molecule has 6 nitrogen and oxygen atoms in total. The highest BCUT2D eigenvalue weighted by Gasteiger charge is 2.24. The molecule has 39 heavy (non-hydrogen) atoms. The summed E-state index contributed by atoms with van der Waals surface area (Å²) in [6.45, 7) is 0.728. The molecule has 0 aliphatic carbocycles. The summed E-state index contributed by atoms with van der Waals surface area (Å²) in [6.07, 6.45) is 0.203. The molecule has 1 amide bonds. The number of esters is 1.